The van der Waals surface area contributed by atoms with Gasteiger partial charge in [0.2, 0.25) is 0 Å². The zero-order valence-corrected chi connectivity index (χ0v) is 11.9. The topological polar surface area (TPSA) is 29.0 Å². The van der Waals surface area contributed by atoms with E-state index in [9.17, 15) is 0 Å². The highest BCUT2D eigenvalue weighted by Gasteiger charge is 2.39. The number of nitrogens with zero attached hydrogens (tertiary/aromatic N) is 3. The van der Waals surface area contributed by atoms with E-state index in [2.05, 4.69) is 33.8 Å². The average Bonchev–Trinajstić information content (AvgIpc) is 2.89. The van der Waals surface area contributed by atoms with Crippen LogP contribution < -0.4 is 4.90 Å². The lowest BCUT2D eigenvalue weighted by atomic mass is 9.98. The molecule has 0 aromatic carbocycles. The van der Waals surface area contributed by atoms with Crippen LogP contribution in [0.2, 0.25) is 0 Å². The molecule has 2 aromatic heterocycles. The number of hydrogen-bond donors (Lipinski definition) is 0. The predicted molar refractivity (Wildman–Crippen MR) is 79.8 cm³/mol. The van der Waals surface area contributed by atoms with Crippen molar-refractivity contribution in [2.75, 3.05) is 4.90 Å². The van der Waals surface area contributed by atoms with Crippen molar-refractivity contribution in [3.05, 3.63) is 29.4 Å². The molecule has 2 aliphatic rings. The average molecular weight is 271 g/mol. The Labute approximate surface area is 117 Å². The molecule has 2 saturated heterocycles. The zero-order valence-electron chi connectivity index (χ0n) is 11.1. The van der Waals surface area contributed by atoms with E-state index in [1.807, 2.05) is 0 Å². The Balaban J connectivity index is 1.85. The lowest BCUT2D eigenvalue weighted by Gasteiger charge is -2.37. The Kier molecular flexibility index (Phi) is 2.42. The Morgan fingerprint density at radius 2 is 2.00 bits per heavy atom. The number of piperidine rings is 1. The van der Waals surface area contributed by atoms with Crippen LogP contribution in [0, 0.1) is 6.92 Å². The van der Waals surface area contributed by atoms with Gasteiger partial charge in [0, 0.05) is 12.1 Å². The summed E-state index contributed by atoms with van der Waals surface area (Å²) < 4.78 is 1.25. The summed E-state index contributed by atoms with van der Waals surface area (Å²) in [6, 6.07) is 1.21. The Morgan fingerprint density at radius 1 is 1.26 bits per heavy atom. The van der Waals surface area contributed by atoms with Gasteiger partial charge < -0.3 is 4.90 Å². The molecule has 4 rings (SSSR count). The molecule has 2 aliphatic heterocycles. The molecular weight excluding hydrogens is 254 g/mol. The molecule has 19 heavy (non-hydrogen) atoms. The van der Waals surface area contributed by atoms with Crippen molar-refractivity contribution in [3.8, 4) is 0 Å². The number of aromatic nitrogens is 2. The van der Waals surface area contributed by atoms with Crippen molar-refractivity contribution in [2.45, 2.75) is 44.7 Å². The van der Waals surface area contributed by atoms with Crippen LogP contribution in [-0.2, 0) is 0 Å². The maximum atomic E-state index is 4.61. The van der Waals surface area contributed by atoms with Crippen LogP contribution in [-0.4, -0.2) is 22.1 Å². The molecule has 2 fully saturated rings. The van der Waals surface area contributed by atoms with Crippen LogP contribution >= 0.6 is 11.3 Å². The zero-order chi connectivity index (χ0) is 13.0. The van der Waals surface area contributed by atoms with E-state index in [1.165, 1.54) is 28.7 Å². The third kappa shape index (κ3) is 1.62. The van der Waals surface area contributed by atoms with Gasteiger partial charge in [-0.3, -0.25) is 0 Å². The van der Waals surface area contributed by atoms with E-state index in [4.69, 9.17) is 0 Å². The molecule has 2 aromatic rings. The summed E-state index contributed by atoms with van der Waals surface area (Å²) in [6.45, 7) is 6.32. The van der Waals surface area contributed by atoms with Crippen LogP contribution in [0.1, 0.15) is 31.2 Å². The fourth-order valence-corrected chi connectivity index (χ4v) is 4.59. The highest BCUT2D eigenvalue weighted by molar-refractivity contribution is 7.18. The SMILES string of the molecule is C=C1CC2CCC(C1)N2c1ncnc2c(C)csc12. The lowest BCUT2D eigenvalue weighted by Crippen LogP contribution is -2.41. The van der Waals surface area contributed by atoms with Crippen LogP contribution in [0.15, 0.2) is 23.9 Å². The molecule has 0 radical (unpaired) electrons. The number of hydrogen-bond acceptors (Lipinski definition) is 4. The summed E-state index contributed by atoms with van der Waals surface area (Å²) >= 11 is 1.78. The van der Waals surface area contributed by atoms with Crippen molar-refractivity contribution in [3.63, 3.8) is 0 Å². The third-order valence-electron chi connectivity index (χ3n) is 4.43. The first-order valence-electron chi connectivity index (χ1n) is 6.88. The molecule has 0 amide bonds. The van der Waals surface area contributed by atoms with Crippen LogP contribution in [0.3, 0.4) is 0 Å². The fraction of sp³-hybridized carbons (Fsp3) is 0.467. The van der Waals surface area contributed by atoms with Crippen molar-refractivity contribution in [1.29, 1.82) is 0 Å². The number of rotatable bonds is 1. The first-order chi connectivity index (χ1) is 9.24. The monoisotopic (exact) mass is 271 g/mol. The molecular formula is C15H17N3S. The molecule has 2 unspecified atom stereocenters. The smallest absolute Gasteiger partial charge is 0.150 e. The number of anilines is 1. The van der Waals surface area contributed by atoms with Gasteiger partial charge >= 0.3 is 0 Å². The van der Waals surface area contributed by atoms with Crippen LogP contribution in [0.5, 0.6) is 0 Å². The summed E-state index contributed by atoms with van der Waals surface area (Å²) in [5.41, 5.74) is 3.80. The van der Waals surface area contributed by atoms with Crippen LogP contribution in [0.4, 0.5) is 5.82 Å². The highest BCUT2D eigenvalue weighted by atomic mass is 32.1. The van der Waals surface area contributed by atoms with Crippen molar-refractivity contribution < 1.29 is 0 Å². The number of thiophene rings is 1. The highest BCUT2D eigenvalue weighted by Crippen LogP contribution is 2.43. The van der Waals surface area contributed by atoms with Crippen LogP contribution in [0.25, 0.3) is 10.2 Å². The van der Waals surface area contributed by atoms with E-state index >= 15 is 0 Å². The van der Waals surface area contributed by atoms with E-state index in [-0.39, 0.29) is 0 Å². The lowest BCUT2D eigenvalue weighted by molar-refractivity contribution is 0.547. The molecule has 0 spiro atoms. The van der Waals surface area contributed by atoms with Gasteiger partial charge in [-0.1, -0.05) is 12.2 Å². The first kappa shape index (κ1) is 11.4. The molecule has 4 heterocycles. The minimum absolute atomic E-state index is 0.603. The summed E-state index contributed by atoms with van der Waals surface area (Å²) in [7, 11) is 0. The van der Waals surface area contributed by atoms with Gasteiger partial charge in [-0.15, -0.1) is 11.3 Å². The van der Waals surface area contributed by atoms with E-state index in [0.717, 1.165) is 24.2 Å². The second kappa shape index (κ2) is 4.04. The number of aryl methyl sites for hydroxylation is 1. The maximum Gasteiger partial charge on any atom is 0.150 e. The standard InChI is InChI=1S/C15H17N3S/c1-9-5-11-3-4-12(6-9)18(11)15-14-13(16-8-17-15)10(2)7-19-14/h7-8,11-12H,1,3-6H2,2H3. The van der Waals surface area contributed by atoms with Gasteiger partial charge in [-0.05, 0) is 43.6 Å². The Morgan fingerprint density at radius 3 is 2.74 bits per heavy atom. The quantitative estimate of drug-likeness (QED) is 0.741. The second-order valence-electron chi connectivity index (χ2n) is 5.74. The first-order valence-corrected chi connectivity index (χ1v) is 7.76. The van der Waals surface area contributed by atoms with Gasteiger partial charge in [0.25, 0.3) is 0 Å². The van der Waals surface area contributed by atoms with E-state index in [1.54, 1.807) is 17.7 Å². The minimum Gasteiger partial charge on any atom is -0.349 e. The molecule has 2 bridgehead atoms. The molecule has 0 N–H and O–H groups in total. The summed E-state index contributed by atoms with van der Waals surface area (Å²) in [4.78, 5) is 11.6. The number of fused-ring (bicyclic) bond motifs is 3. The van der Waals surface area contributed by atoms with Gasteiger partial charge in [0.15, 0.2) is 5.82 Å². The van der Waals surface area contributed by atoms with E-state index in [0.29, 0.717) is 12.1 Å². The van der Waals surface area contributed by atoms with E-state index < -0.39 is 0 Å². The Hall–Kier alpha value is -1.42. The minimum atomic E-state index is 0.603. The van der Waals surface area contributed by atoms with Gasteiger partial charge in [-0.25, -0.2) is 9.97 Å². The van der Waals surface area contributed by atoms with Crippen molar-refractivity contribution in [2.24, 2.45) is 0 Å². The molecule has 0 aliphatic carbocycles. The second-order valence-corrected chi connectivity index (χ2v) is 6.62. The molecule has 3 nitrogen and oxygen atoms in total. The summed E-state index contributed by atoms with van der Waals surface area (Å²) in [5, 5.41) is 2.19. The summed E-state index contributed by atoms with van der Waals surface area (Å²) in [5.74, 6) is 1.16. The van der Waals surface area contributed by atoms with Gasteiger partial charge in [0.05, 0.1) is 10.2 Å². The van der Waals surface area contributed by atoms with Crippen molar-refractivity contribution >= 4 is 27.4 Å². The molecule has 0 saturated carbocycles. The fourth-order valence-electron chi connectivity index (χ4n) is 3.60. The molecule has 98 valence electrons. The largest absolute Gasteiger partial charge is 0.349 e. The third-order valence-corrected chi connectivity index (χ3v) is 5.51. The summed E-state index contributed by atoms with van der Waals surface area (Å²) in [6.07, 6.45) is 6.54. The normalized spacial score (nSPS) is 26.4. The van der Waals surface area contributed by atoms with Gasteiger partial charge in [-0.2, -0.15) is 0 Å². The van der Waals surface area contributed by atoms with Crippen molar-refractivity contribution in [1.82, 2.24) is 9.97 Å². The predicted octanol–water partition coefficient (Wildman–Crippen LogP) is 3.69. The molecule has 2 atom stereocenters. The maximum absolute atomic E-state index is 4.61. The van der Waals surface area contributed by atoms with Gasteiger partial charge in [0.1, 0.15) is 6.33 Å². The molecule has 4 heteroatoms. The Bertz CT molecular complexity index is 644.